The maximum Gasteiger partial charge on any atom is 0.125 e. The average molecular weight is 156 g/mol. The van der Waals surface area contributed by atoms with Gasteiger partial charge in [0.1, 0.15) is 11.8 Å². The van der Waals surface area contributed by atoms with Crippen LogP contribution < -0.4 is 0 Å². The number of hydrogen-bond donors (Lipinski definition) is 0. The summed E-state index contributed by atoms with van der Waals surface area (Å²) in [6, 6.07) is 9.96. The highest BCUT2D eigenvalue weighted by molar-refractivity contribution is 5.58. The van der Waals surface area contributed by atoms with Gasteiger partial charge in [-0.05, 0) is 30.7 Å². The molecule has 12 heavy (non-hydrogen) atoms. The molecule has 0 spiro atoms. The number of aryl methyl sites for hydroxylation is 1. The molecule has 2 heteroatoms. The molecule has 0 saturated heterocycles. The first-order valence-corrected chi connectivity index (χ1v) is 3.80. The Balaban J connectivity index is 2.94. The van der Waals surface area contributed by atoms with Gasteiger partial charge in [0.15, 0.2) is 0 Å². The van der Waals surface area contributed by atoms with Crippen LogP contribution in [0.2, 0.25) is 0 Å². The van der Waals surface area contributed by atoms with Gasteiger partial charge >= 0.3 is 0 Å². The van der Waals surface area contributed by atoms with Crippen molar-refractivity contribution in [2.75, 3.05) is 0 Å². The Morgan fingerprint density at radius 1 is 1.42 bits per heavy atom. The molecule has 0 amide bonds. The van der Waals surface area contributed by atoms with Crippen LogP contribution in [0.15, 0.2) is 30.5 Å². The quantitative estimate of drug-likeness (QED) is 0.574. The molecule has 0 N–H and O–H groups in total. The Labute approximate surface area is 70.7 Å². The Hall–Kier alpha value is -1.75. The molecule has 2 aromatic heterocycles. The third-order valence-electron chi connectivity index (χ3n) is 1.99. The first-order chi connectivity index (χ1) is 5.83. The third-order valence-corrected chi connectivity index (χ3v) is 1.99. The molecule has 58 valence electrons. The normalized spacial score (nSPS) is 10.0. The van der Waals surface area contributed by atoms with Crippen molar-refractivity contribution < 1.29 is 0 Å². The second-order valence-electron chi connectivity index (χ2n) is 2.78. The summed E-state index contributed by atoms with van der Waals surface area (Å²) in [5.41, 5.74) is 2.95. The molecule has 2 heterocycles. The van der Waals surface area contributed by atoms with Gasteiger partial charge in [-0.3, -0.25) is 0 Å². The monoisotopic (exact) mass is 156 g/mol. The fraction of sp³-hybridized carbons (Fsp3) is 0.100. The van der Waals surface area contributed by atoms with Crippen molar-refractivity contribution in [3.05, 3.63) is 41.7 Å². The van der Waals surface area contributed by atoms with E-state index >= 15 is 0 Å². The van der Waals surface area contributed by atoms with Crippen molar-refractivity contribution in [1.29, 1.82) is 5.26 Å². The van der Waals surface area contributed by atoms with E-state index in [2.05, 4.69) is 6.07 Å². The summed E-state index contributed by atoms with van der Waals surface area (Å²) in [6.07, 6.45) is 1.90. The standard InChI is InChI=1S/C10H8N2/c1-8-6-9(7-11)12-5-3-2-4-10(8)12/h2-6H,1H3. The molecule has 0 fully saturated rings. The lowest BCUT2D eigenvalue weighted by Gasteiger charge is -1.93. The van der Waals surface area contributed by atoms with E-state index < -0.39 is 0 Å². The lowest BCUT2D eigenvalue weighted by atomic mass is 10.3. The van der Waals surface area contributed by atoms with E-state index in [4.69, 9.17) is 5.26 Å². The zero-order valence-electron chi connectivity index (χ0n) is 6.78. The number of nitriles is 1. The summed E-state index contributed by atoms with van der Waals surface area (Å²) in [5.74, 6) is 0. The molecule has 0 aliphatic heterocycles. The maximum atomic E-state index is 8.78. The van der Waals surface area contributed by atoms with Crippen LogP contribution in [0.1, 0.15) is 11.3 Å². The number of nitrogens with zero attached hydrogens (tertiary/aromatic N) is 2. The van der Waals surface area contributed by atoms with E-state index in [0.29, 0.717) is 5.69 Å². The molecular formula is C10H8N2. The Morgan fingerprint density at radius 2 is 2.25 bits per heavy atom. The predicted molar refractivity (Wildman–Crippen MR) is 46.8 cm³/mol. The number of pyridine rings is 1. The molecule has 0 bridgehead atoms. The summed E-state index contributed by atoms with van der Waals surface area (Å²) >= 11 is 0. The summed E-state index contributed by atoms with van der Waals surface area (Å²) in [6.45, 7) is 2.01. The second-order valence-corrected chi connectivity index (χ2v) is 2.78. The van der Waals surface area contributed by atoms with Gasteiger partial charge in [0.25, 0.3) is 0 Å². The van der Waals surface area contributed by atoms with Crippen molar-refractivity contribution in [3.8, 4) is 6.07 Å². The van der Waals surface area contributed by atoms with E-state index in [1.165, 1.54) is 0 Å². The molecule has 0 saturated carbocycles. The molecule has 0 aliphatic rings. The van der Waals surface area contributed by atoms with Gasteiger partial charge in [0.05, 0.1) is 0 Å². The number of hydrogen-bond acceptors (Lipinski definition) is 1. The van der Waals surface area contributed by atoms with Crippen molar-refractivity contribution >= 4 is 5.52 Å². The number of rotatable bonds is 0. The van der Waals surface area contributed by atoms with Crippen LogP contribution in [-0.4, -0.2) is 4.40 Å². The lowest BCUT2D eigenvalue weighted by Crippen LogP contribution is -1.84. The van der Waals surface area contributed by atoms with Gasteiger partial charge in [-0.25, -0.2) is 0 Å². The van der Waals surface area contributed by atoms with Crippen molar-refractivity contribution in [3.63, 3.8) is 0 Å². The van der Waals surface area contributed by atoms with Crippen molar-refractivity contribution in [2.24, 2.45) is 0 Å². The van der Waals surface area contributed by atoms with Gasteiger partial charge in [-0.2, -0.15) is 5.26 Å². The smallest absolute Gasteiger partial charge is 0.125 e. The molecule has 0 atom stereocenters. The summed E-state index contributed by atoms with van der Waals surface area (Å²) in [7, 11) is 0. The van der Waals surface area contributed by atoms with Crippen LogP contribution in [0.25, 0.3) is 5.52 Å². The van der Waals surface area contributed by atoms with Crippen molar-refractivity contribution in [2.45, 2.75) is 6.92 Å². The minimum atomic E-state index is 0.697. The SMILES string of the molecule is Cc1cc(C#N)n2ccccc12. The van der Waals surface area contributed by atoms with E-state index in [-0.39, 0.29) is 0 Å². The molecule has 0 aromatic carbocycles. The van der Waals surface area contributed by atoms with Crippen LogP contribution in [-0.2, 0) is 0 Å². The predicted octanol–water partition coefficient (Wildman–Crippen LogP) is 2.12. The van der Waals surface area contributed by atoms with Gasteiger partial charge in [0.2, 0.25) is 0 Å². The van der Waals surface area contributed by atoms with E-state index in [1.54, 1.807) is 0 Å². The topological polar surface area (TPSA) is 28.2 Å². The summed E-state index contributed by atoms with van der Waals surface area (Å²) < 4.78 is 1.90. The summed E-state index contributed by atoms with van der Waals surface area (Å²) in [5, 5.41) is 8.78. The van der Waals surface area contributed by atoms with Gasteiger partial charge in [-0.15, -0.1) is 0 Å². The molecule has 0 aliphatic carbocycles. The number of aromatic nitrogens is 1. The Bertz CT molecular complexity index is 460. The van der Waals surface area contributed by atoms with Gasteiger partial charge < -0.3 is 4.40 Å². The fourth-order valence-electron chi connectivity index (χ4n) is 1.41. The highest BCUT2D eigenvalue weighted by Gasteiger charge is 2.02. The molecule has 2 aromatic rings. The molecule has 0 unspecified atom stereocenters. The van der Waals surface area contributed by atoms with E-state index in [9.17, 15) is 0 Å². The van der Waals surface area contributed by atoms with E-state index in [0.717, 1.165) is 11.1 Å². The average Bonchev–Trinajstić information content (AvgIpc) is 2.44. The fourth-order valence-corrected chi connectivity index (χ4v) is 1.41. The largest absolute Gasteiger partial charge is 0.308 e. The highest BCUT2D eigenvalue weighted by atomic mass is 14.9. The molecule has 0 radical (unpaired) electrons. The first kappa shape index (κ1) is 6.93. The third kappa shape index (κ3) is 0.802. The first-order valence-electron chi connectivity index (χ1n) is 3.80. The molecular weight excluding hydrogens is 148 g/mol. The van der Waals surface area contributed by atoms with Crippen LogP contribution in [0.4, 0.5) is 0 Å². The molecule has 2 nitrogen and oxygen atoms in total. The Morgan fingerprint density at radius 3 is 3.00 bits per heavy atom. The van der Waals surface area contributed by atoms with Gasteiger partial charge in [0, 0.05) is 11.7 Å². The minimum Gasteiger partial charge on any atom is -0.308 e. The Kier molecular flexibility index (Phi) is 1.38. The zero-order chi connectivity index (χ0) is 8.55. The molecule has 2 rings (SSSR count). The van der Waals surface area contributed by atoms with Crippen molar-refractivity contribution in [1.82, 2.24) is 4.40 Å². The van der Waals surface area contributed by atoms with E-state index in [1.807, 2.05) is 41.8 Å². The van der Waals surface area contributed by atoms with Gasteiger partial charge in [-0.1, -0.05) is 6.07 Å². The minimum absolute atomic E-state index is 0.697. The van der Waals surface area contributed by atoms with Crippen LogP contribution in [0, 0.1) is 18.3 Å². The maximum absolute atomic E-state index is 8.78. The number of fused-ring (bicyclic) bond motifs is 1. The summed E-state index contributed by atoms with van der Waals surface area (Å²) in [4.78, 5) is 0. The zero-order valence-corrected chi connectivity index (χ0v) is 6.78. The lowest BCUT2D eigenvalue weighted by molar-refractivity contribution is 1.16. The highest BCUT2D eigenvalue weighted by Crippen LogP contribution is 2.14. The van der Waals surface area contributed by atoms with Crippen LogP contribution >= 0.6 is 0 Å². The van der Waals surface area contributed by atoms with Crippen LogP contribution in [0.3, 0.4) is 0 Å². The van der Waals surface area contributed by atoms with Crippen LogP contribution in [0.5, 0.6) is 0 Å². The second kappa shape index (κ2) is 2.38.